The van der Waals surface area contributed by atoms with Gasteiger partial charge in [-0.05, 0) is 34.1 Å². The van der Waals surface area contributed by atoms with Gasteiger partial charge in [0.15, 0.2) is 0 Å². The molecule has 1 aromatic carbocycles. The number of hydrogen-bond acceptors (Lipinski definition) is 2. The molecule has 8 heteroatoms. The van der Waals surface area contributed by atoms with Crippen LogP contribution in [0.25, 0.3) is 0 Å². The largest absolute Gasteiger partial charge is 0.321 e. The van der Waals surface area contributed by atoms with E-state index in [1.807, 2.05) is 0 Å². The SMILES string of the molecule is O=C(Nc1ccc(Br)c(Cl)c1Cl)c1cnc(Cl)c(Cl)c1. The molecule has 0 fully saturated rings. The van der Waals surface area contributed by atoms with Gasteiger partial charge in [-0.25, -0.2) is 4.98 Å². The minimum Gasteiger partial charge on any atom is -0.321 e. The maximum Gasteiger partial charge on any atom is 0.257 e. The lowest BCUT2D eigenvalue weighted by Crippen LogP contribution is -2.12. The molecule has 1 N–H and O–H groups in total. The van der Waals surface area contributed by atoms with E-state index in [9.17, 15) is 4.79 Å². The van der Waals surface area contributed by atoms with Crippen LogP contribution in [0.5, 0.6) is 0 Å². The topological polar surface area (TPSA) is 42.0 Å². The van der Waals surface area contributed by atoms with Gasteiger partial charge in [0.25, 0.3) is 5.91 Å². The molecular weight excluding hydrogens is 410 g/mol. The maximum atomic E-state index is 12.1. The number of amides is 1. The normalized spacial score (nSPS) is 10.4. The van der Waals surface area contributed by atoms with E-state index in [1.54, 1.807) is 12.1 Å². The fourth-order valence-electron chi connectivity index (χ4n) is 1.36. The van der Waals surface area contributed by atoms with Crippen molar-refractivity contribution in [2.24, 2.45) is 0 Å². The molecule has 20 heavy (non-hydrogen) atoms. The number of anilines is 1. The summed E-state index contributed by atoms with van der Waals surface area (Å²) in [6, 6.07) is 4.72. The predicted octanol–water partition coefficient (Wildman–Crippen LogP) is 5.71. The second kappa shape index (κ2) is 6.50. The summed E-state index contributed by atoms with van der Waals surface area (Å²) in [5.41, 5.74) is 0.644. The minimum atomic E-state index is -0.420. The molecule has 0 spiro atoms. The van der Waals surface area contributed by atoms with Gasteiger partial charge >= 0.3 is 0 Å². The molecular formula is C12H5BrCl4N2O. The van der Waals surface area contributed by atoms with Crippen LogP contribution in [-0.2, 0) is 0 Å². The fourth-order valence-corrected chi connectivity index (χ4v) is 2.45. The lowest BCUT2D eigenvalue weighted by atomic mass is 10.2. The highest BCUT2D eigenvalue weighted by Crippen LogP contribution is 2.36. The zero-order valence-corrected chi connectivity index (χ0v) is 14.2. The molecule has 0 bridgehead atoms. The summed E-state index contributed by atoms with van der Waals surface area (Å²) < 4.78 is 0.637. The molecule has 0 unspecified atom stereocenters. The smallest absolute Gasteiger partial charge is 0.257 e. The molecule has 2 aromatic rings. The number of halogens is 5. The summed E-state index contributed by atoms with van der Waals surface area (Å²) >= 11 is 26.8. The molecule has 0 atom stereocenters. The van der Waals surface area contributed by atoms with Crippen LogP contribution in [0.1, 0.15) is 10.4 Å². The van der Waals surface area contributed by atoms with Crippen molar-refractivity contribution in [2.45, 2.75) is 0 Å². The number of carbonyl (C=O) groups is 1. The van der Waals surface area contributed by atoms with Crippen molar-refractivity contribution in [2.75, 3.05) is 5.32 Å². The van der Waals surface area contributed by atoms with E-state index in [-0.39, 0.29) is 20.8 Å². The van der Waals surface area contributed by atoms with Gasteiger partial charge in [0, 0.05) is 10.7 Å². The lowest BCUT2D eigenvalue weighted by molar-refractivity contribution is 0.102. The summed E-state index contributed by atoms with van der Waals surface area (Å²) in [5.74, 6) is -0.420. The first-order chi connectivity index (χ1) is 9.40. The Balaban J connectivity index is 2.28. The third-order valence-corrected chi connectivity index (χ3v) is 4.80. The molecule has 0 aliphatic rings. The molecule has 0 saturated heterocycles. The summed E-state index contributed by atoms with van der Waals surface area (Å²) in [7, 11) is 0. The number of aromatic nitrogens is 1. The summed E-state index contributed by atoms with van der Waals surface area (Å²) in [6.07, 6.45) is 1.32. The van der Waals surface area contributed by atoms with Crippen LogP contribution in [0.3, 0.4) is 0 Å². The zero-order chi connectivity index (χ0) is 14.9. The van der Waals surface area contributed by atoms with Gasteiger partial charge in [0.1, 0.15) is 5.15 Å². The van der Waals surface area contributed by atoms with E-state index in [4.69, 9.17) is 46.4 Å². The Bertz CT molecular complexity index is 693. The Labute approximate surface area is 143 Å². The van der Waals surface area contributed by atoms with Crippen LogP contribution in [0.15, 0.2) is 28.9 Å². The summed E-state index contributed by atoms with van der Waals surface area (Å²) in [4.78, 5) is 15.9. The maximum absolute atomic E-state index is 12.1. The first-order valence-corrected chi connectivity index (χ1v) is 7.46. The number of hydrogen-bond donors (Lipinski definition) is 1. The van der Waals surface area contributed by atoms with Gasteiger partial charge in [0.05, 0.1) is 26.3 Å². The van der Waals surface area contributed by atoms with Crippen LogP contribution in [-0.4, -0.2) is 10.9 Å². The van der Waals surface area contributed by atoms with Crippen molar-refractivity contribution in [1.82, 2.24) is 4.98 Å². The molecule has 104 valence electrons. The van der Waals surface area contributed by atoms with Crippen LogP contribution in [0.2, 0.25) is 20.2 Å². The number of benzene rings is 1. The Kier molecular flexibility index (Phi) is 5.15. The highest BCUT2D eigenvalue weighted by molar-refractivity contribution is 9.10. The molecule has 1 heterocycles. The molecule has 0 aliphatic carbocycles. The van der Waals surface area contributed by atoms with E-state index < -0.39 is 5.91 Å². The third kappa shape index (κ3) is 3.38. The Morgan fingerprint density at radius 1 is 1.15 bits per heavy atom. The standard InChI is InChI=1S/C12H5BrCl4N2O/c13-6-1-2-8(10(16)9(6)15)19-12(20)5-3-7(14)11(17)18-4-5/h1-4H,(H,19,20). The number of rotatable bonds is 2. The average Bonchev–Trinajstić information content (AvgIpc) is 2.42. The second-order valence-corrected chi connectivity index (χ2v) is 6.05. The molecule has 0 radical (unpaired) electrons. The van der Waals surface area contributed by atoms with Crippen LogP contribution < -0.4 is 5.32 Å². The minimum absolute atomic E-state index is 0.132. The fraction of sp³-hybridized carbons (Fsp3) is 0. The zero-order valence-electron chi connectivity index (χ0n) is 9.55. The summed E-state index contributed by atoms with van der Waals surface area (Å²) in [6.45, 7) is 0. The Morgan fingerprint density at radius 3 is 2.50 bits per heavy atom. The Hall–Kier alpha value is -0.520. The van der Waals surface area contributed by atoms with Crippen molar-refractivity contribution in [3.05, 3.63) is 54.7 Å². The highest BCUT2D eigenvalue weighted by atomic mass is 79.9. The second-order valence-electron chi connectivity index (χ2n) is 3.67. The summed E-state index contributed by atoms with van der Waals surface area (Å²) in [5, 5.41) is 3.50. The van der Waals surface area contributed by atoms with Gasteiger partial charge in [-0.3, -0.25) is 4.79 Å². The van der Waals surface area contributed by atoms with Gasteiger partial charge in [-0.2, -0.15) is 0 Å². The van der Waals surface area contributed by atoms with E-state index >= 15 is 0 Å². The number of carbonyl (C=O) groups excluding carboxylic acids is 1. The molecule has 1 amide bonds. The van der Waals surface area contributed by atoms with Crippen molar-refractivity contribution in [3.8, 4) is 0 Å². The van der Waals surface area contributed by atoms with E-state index in [0.29, 0.717) is 15.2 Å². The number of nitrogens with one attached hydrogen (secondary N) is 1. The lowest BCUT2D eigenvalue weighted by Gasteiger charge is -2.09. The van der Waals surface area contributed by atoms with Gasteiger partial charge in [-0.1, -0.05) is 46.4 Å². The molecule has 1 aromatic heterocycles. The van der Waals surface area contributed by atoms with Gasteiger partial charge < -0.3 is 5.32 Å². The monoisotopic (exact) mass is 412 g/mol. The van der Waals surface area contributed by atoms with Gasteiger partial charge in [0.2, 0.25) is 0 Å². The van der Waals surface area contributed by atoms with E-state index in [1.165, 1.54) is 12.3 Å². The molecule has 3 nitrogen and oxygen atoms in total. The van der Waals surface area contributed by atoms with Crippen molar-refractivity contribution in [1.29, 1.82) is 0 Å². The first kappa shape index (κ1) is 15.9. The van der Waals surface area contributed by atoms with Crippen LogP contribution >= 0.6 is 62.3 Å². The quantitative estimate of drug-likeness (QED) is 0.505. The number of pyridine rings is 1. The predicted molar refractivity (Wildman–Crippen MR) is 86.4 cm³/mol. The van der Waals surface area contributed by atoms with Crippen molar-refractivity contribution >= 4 is 73.9 Å². The van der Waals surface area contributed by atoms with Gasteiger partial charge in [-0.15, -0.1) is 0 Å². The Morgan fingerprint density at radius 2 is 1.85 bits per heavy atom. The van der Waals surface area contributed by atoms with Crippen molar-refractivity contribution in [3.63, 3.8) is 0 Å². The highest BCUT2D eigenvalue weighted by Gasteiger charge is 2.13. The number of nitrogens with zero attached hydrogens (tertiary/aromatic N) is 1. The molecule has 0 aliphatic heterocycles. The van der Waals surface area contributed by atoms with Crippen molar-refractivity contribution < 1.29 is 4.79 Å². The average molecular weight is 415 g/mol. The van der Waals surface area contributed by atoms with Crippen LogP contribution in [0.4, 0.5) is 5.69 Å². The van der Waals surface area contributed by atoms with E-state index in [2.05, 4.69) is 26.2 Å². The van der Waals surface area contributed by atoms with E-state index in [0.717, 1.165) is 0 Å². The van der Waals surface area contributed by atoms with Crippen LogP contribution in [0, 0.1) is 0 Å². The molecule has 2 rings (SSSR count). The molecule has 0 saturated carbocycles. The first-order valence-electron chi connectivity index (χ1n) is 5.16. The third-order valence-electron chi connectivity index (χ3n) is 2.34.